The summed E-state index contributed by atoms with van der Waals surface area (Å²) in [5, 5.41) is 0. The van der Waals surface area contributed by atoms with E-state index in [1.54, 1.807) is 0 Å². The summed E-state index contributed by atoms with van der Waals surface area (Å²) in [5.74, 6) is 0. The number of hydrogen-bond donors (Lipinski definition) is 0. The fraction of sp³-hybridized carbons (Fsp3) is 0.750. The van der Waals surface area contributed by atoms with E-state index < -0.39 is 0 Å². The van der Waals surface area contributed by atoms with E-state index in [1.165, 1.54) is 6.42 Å². The van der Waals surface area contributed by atoms with Gasteiger partial charge in [-0.3, -0.25) is 0 Å². The maximum Gasteiger partial charge on any atom is 0.147 e. The predicted octanol–water partition coefficient (Wildman–Crippen LogP) is 1.42. The first-order valence-corrected chi connectivity index (χ1v) is 4.67. The van der Waals surface area contributed by atoms with E-state index in [4.69, 9.17) is 4.43 Å². The Labute approximate surface area is 67.0 Å². The third kappa shape index (κ3) is 4.76. The summed E-state index contributed by atoms with van der Waals surface area (Å²) in [6, 6.07) is 0. The Bertz CT molecular complexity index is 108. The molecule has 0 aliphatic rings. The minimum Gasteiger partial charge on any atom is -0.420 e. The number of hydrogen-bond acceptors (Lipinski definition) is 1. The van der Waals surface area contributed by atoms with Crippen LogP contribution >= 0.6 is 0 Å². The Morgan fingerprint density at radius 3 is 2.50 bits per heavy atom. The largest absolute Gasteiger partial charge is 0.420 e. The monoisotopic (exact) mass is 158 g/mol. The molecule has 0 aromatic carbocycles. The normalized spacial score (nSPS) is 13.1. The standard InChI is InChI=1S/C8H18OSi/c1-4-5-6-7-8(2,3)9-10/h6-7H,4-5H2,1-3,10H3/b7-6+. The third-order valence-electron chi connectivity index (χ3n) is 1.50. The average molecular weight is 158 g/mol. The summed E-state index contributed by atoms with van der Waals surface area (Å²) in [6.07, 6.45) is 6.71. The summed E-state index contributed by atoms with van der Waals surface area (Å²) in [4.78, 5) is 0. The first kappa shape index (κ1) is 9.92. The molecule has 0 fully saturated rings. The molecule has 0 saturated carbocycles. The number of rotatable bonds is 4. The van der Waals surface area contributed by atoms with Crippen molar-refractivity contribution in [3.05, 3.63) is 12.2 Å². The Morgan fingerprint density at radius 2 is 2.10 bits per heavy atom. The van der Waals surface area contributed by atoms with E-state index >= 15 is 0 Å². The van der Waals surface area contributed by atoms with Crippen LogP contribution in [-0.2, 0) is 4.43 Å². The van der Waals surface area contributed by atoms with Crippen LogP contribution in [0.15, 0.2) is 12.2 Å². The van der Waals surface area contributed by atoms with E-state index in [1.807, 2.05) is 0 Å². The van der Waals surface area contributed by atoms with Crippen LogP contribution < -0.4 is 0 Å². The highest BCUT2D eigenvalue weighted by Gasteiger charge is 2.08. The molecule has 1 nitrogen and oxygen atoms in total. The first-order valence-electron chi connectivity index (χ1n) is 3.85. The van der Waals surface area contributed by atoms with Crippen molar-refractivity contribution in [3.8, 4) is 0 Å². The van der Waals surface area contributed by atoms with Gasteiger partial charge < -0.3 is 4.43 Å². The Kier molecular flexibility index (Phi) is 4.65. The van der Waals surface area contributed by atoms with Gasteiger partial charge in [0.25, 0.3) is 0 Å². The van der Waals surface area contributed by atoms with Crippen LogP contribution in [0.4, 0.5) is 0 Å². The van der Waals surface area contributed by atoms with Crippen LogP contribution in [0.5, 0.6) is 0 Å². The van der Waals surface area contributed by atoms with Crippen LogP contribution in [0.25, 0.3) is 0 Å². The van der Waals surface area contributed by atoms with E-state index in [0.29, 0.717) is 0 Å². The van der Waals surface area contributed by atoms with Gasteiger partial charge in [-0.15, -0.1) is 0 Å². The Morgan fingerprint density at radius 1 is 1.50 bits per heavy atom. The second kappa shape index (κ2) is 4.69. The van der Waals surface area contributed by atoms with Crippen LogP contribution in [-0.4, -0.2) is 16.1 Å². The maximum absolute atomic E-state index is 5.34. The zero-order valence-electron chi connectivity index (χ0n) is 7.48. The quantitative estimate of drug-likeness (QED) is 0.444. The van der Waals surface area contributed by atoms with Crippen molar-refractivity contribution in [2.24, 2.45) is 0 Å². The molecule has 2 heteroatoms. The lowest BCUT2D eigenvalue weighted by atomic mass is 10.1. The second-order valence-corrected chi connectivity index (χ2v) is 3.41. The van der Waals surface area contributed by atoms with Crippen LogP contribution in [0.2, 0.25) is 0 Å². The first-order chi connectivity index (χ1) is 4.62. The number of allylic oxidation sites excluding steroid dienone is 1. The van der Waals surface area contributed by atoms with Gasteiger partial charge in [0.05, 0.1) is 5.60 Å². The van der Waals surface area contributed by atoms with Gasteiger partial charge in [0, 0.05) is 0 Å². The zero-order valence-corrected chi connectivity index (χ0v) is 9.48. The van der Waals surface area contributed by atoms with E-state index in [2.05, 4.69) is 32.9 Å². The van der Waals surface area contributed by atoms with Crippen molar-refractivity contribution in [2.45, 2.75) is 39.2 Å². The van der Waals surface area contributed by atoms with Gasteiger partial charge in [-0.05, 0) is 20.3 Å². The van der Waals surface area contributed by atoms with Crippen LogP contribution in [0, 0.1) is 0 Å². The summed E-state index contributed by atoms with van der Waals surface area (Å²) in [7, 11) is 0.814. The molecule has 0 bridgehead atoms. The van der Waals surface area contributed by atoms with Gasteiger partial charge in [0.1, 0.15) is 10.5 Å². The van der Waals surface area contributed by atoms with E-state index in [0.717, 1.165) is 16.9 Å². The van der Waals surface area contributed by atoms with Gasteiger partial charge in [-0.25, -0.2) is 0 Å². The molecule has 0 atom stereocenters. The topological polar surface area (TPSA) is 9.23 Å². The minimum absolute atomic E-state index is 0.0264. The second-order valence-electron chi connectivity index (χ2n) is 3.00. The van der Waals surface area contributed by atoms with Gasteiger partial charge in [-0.2, -0.15) is 0 Å². The lowest BCUT2D eigenvalue weighted by Crippen LogP contribution is -2.19. The number of unbranched alkanes of at least 4 members (excludes halogenated alkanes) is 1. The molecule has 0 heterocycles. The molecule has 0 unspecified atom stereocenters. The molecule has 0 saturated heterocycles. The Balaban J connectivity index is 3.63. The molecule has 0 N–H and O–H groups in total. The highest BCUT2D eigenvalue weighted by molar-refractivity contribution is 5.98. The van der Waals surface area contributed by atoms with Crippen molar-refractivity contribution < 1.29 is 4.43 Å². The van der Waals surface area contributed by atoms with Crippen molar-refractivity contribution in [3.63, 3.8) is 0 Å². The van der Waals surface area contributed by atoms with Crippen molar-refractivity contribution in [2.75, 3.05) is 0 Å². The molecule has 60 valence electrons. The van der Waals surface area contributed by atoms with Gasteiger partial charge in [0.15, 0.2) is 0 Å². The molecular weight excluding hydrogens is 140 g/mol. The molecule has 0 aliphatic heterocycles. The molecule has 0 amide bonds. The third-order valence-corrected chi connectivity index (χ3v) is 2.55. The molecule has 0 aromatic rings. The summed E-state index contributed by atoms with van der Waals surface area (Å²) < 4.78 is 5.34. The Hall–Kier alpha value is -0.0831. The molecule has 0 aliphatic carbocycles. The molecular formula is C8H18OSi. The van der Waals surface area contributed by atoms with E-state index in [9.17, 15) is 0 Å². The molecule has 10 heavy (non-hydrogen) atoms. The highest BCUT2D eigenvalue weighted by Crippen LogP contribution is 2.08. The van der Waals surface area contributed by atoms with Crippen molar-refractivity contribution in [1.29, 1.82) is 0 Å². The smallest absolute Gasteiger partial charge is 0.147 e. The van der Waals surface area contributed by atoms with E-state index in [-0.39, 0.29) is 5.60 Å². The maximum atomic E-state index is 5.34. The van der Waals surface area contributed by atoms with Gasteiger partial charge in [0.2, 0.25) is 0 Å². The predicted molar refractivity (Wildman–Crippen MR) is 49.2 cm³/mol. The van der Waals surface area contributed by atoms with Crippen molar-refractivity contribution >= 4 is 10.5 Å². The van der Waals surface area contributed by atoms with Crippen LogP contribution in [0.1, 0.15) is 33.6 Å². The average Bonchev–Trinajstić information content (AvgIpc) is 1.89. The van der Waals surface area contributed by atoms with Gasteiger partial charge >= 0.3 is 0 Å². The summed E-state index contributed by atoms with van der Waals surface area (Å²) in [5.41, 5.74) is -0.0264. The molecule has 0 radical (unpaired) electrons. The zero-order chi connectivity index (χ0) is 8.04. The minimum atomic E-state index is -0.0264. The molecule has 0 aromatic heterocycles. The summed E-state index contributed by atoms with van der Waals surface area (Å²) in [6.45, 7) is 6.36. The SMILES string of the molecule is CCC/C=C/C(C)(C)O[SiH3]. The van der Waals surface area contributed by atoms with Crippen LogP contribution in [0.3, 0.4) is 0 Å². The lowest BCUT2D eigenvalue weighted by Gasteiger charge is -2.18. The fourth-order valence-electron chi connectivity index (χ4n) is 0.602. The lowest BCUT2D eigenvalue weighted by molar-refractivity contribution is 0.180. The van der Waals surface area contributed by atoms with Crippen molar-refractivity contribution in [1.82, 2.24) is 0 Å². The molecule has 0 rings (SSSR count). The summed E-state index contributed by atoms with van der Waals surface area (Å²) >= 11 is 0. The molecule has 0 spiro atoms. The fourth-order valence-corrected chi connectivity index (χ4v) is 0.738. The van der Waals surface area contributed by atoms with Gasteiger partial charge in [-0.1, -0.05) is 25.5 Å². The highest BCUT2D eigenvalue weighted by atomic mass is 28.2.